The maximum atomic E-state index is 10.7. The Morgan fingerprint density at radius 3 is 2.58 bits per heavy atom. The number of nitro groups is 1. The van der Waals surface area contributed by atoms with Crippen molar-refractivity contribution in [3.8, 4) is 0 Å². The van der Waals surface area contributed by atoms with Crippen LogP contribution in [-0.4, -0.2) is 4.92 Å². The second-order valence-electron chi connectivity index (χ2n) is 4.44. The first-order chi connectivity index (χ1) is 9.16. The first kappa shape index (κ1) is 13.2. The second kappa shape index (κ2) is 6.11. The first-order valence-corrected chi connectivity index (χ1v) is 6.18. The van der Waals surface area contributed by atoms with Gasteiger partial charge in [-0.1, -0.05) is 42.5 Å². The lowest BCUT2D eigenvalue weighted by Crippen LogP contribution is -2.17. The van der Waals surface area contributed by atoms with Crippen molar-refractivity contribution in [2.24, 2.45) is 0 Å². The fourth-order valence-corrected chi connectivity index (χ4v) is 1.91. The molecule has 0 bridgehead atoms. The van der Waals surface area contributed by atoms with Crippen molar-refractivity contribution in [3.63, 3.8) is 0 Å². The van der Waals surface area contributed by atoms with E-state index in [9.17, 15) is 10.1 Å². The Balaban J connectivity index is 1.99. The van der Waals surface area contributed by atoms with Crippen LogP contribution in [0.2, 0.25) is 0 Å². The lowest BCUT2D eigenvalue weighted by Gasteiger charge is -2.14. The van der Waals surface area contributed by atoms with Gasteiger partial charge in [0.15, 0.2) is 0 Å². The fourth-order valence-electron chi connectivity index (χ4n) is 1.91. The highest BCUT2D eigenvalue weighted by Gasteiger charge is 2.07. The topological polar surface area (TPSA) is 55.2 Å². The quantitative estimate of drug-likeness (QED) is 0.658. The number of nitrogens with zero attached hydrogens (tertiary/aromatic N) is 1. The smallest absolute Gasteiger partial charge is 0.269 e. The predicted octanol–water partition coefficient (Wildman–Crippen LogP) is 3.45. The van der Waals surface area contributed by atoms with Gasteiger partial charge < -0.3 is 5.32 Å². The highest BCUT2D eigenvalue weighted by molar-refractivity contribution is 5.34. The zero-order chi connectivity index (χ0) is 13.7. The van der Waals surface area contributed by atoms with Crippen LogP contribution in [0.15, 0.2) is 54.6 Å². The normalized spacial score (nSPS) is 12.1. The van der Waals surface area contributed by atoms with Gasteiger partial charge in [-0.2, -0.15) is 0 Å². The summed E-state index contributed by atoms with van der Waals surface area (Å²) in [6, 6.07) is 17.0. The molecule has 0 amide bonds. The summed E-state index contributed by atoms with van der Waals surface area (Å²) in [5.74, 6) is 0. The molecule has 19 heavy (non-hydrogen) atoms. The van der Waals surface area contributed by atoms with Crippen LogP contribution in [0.25, 0.3) is 0 Å². The van der Waals surface area contributed by atoms with E-state index in [4.69, 9.17) is 0 Å². The predicted molar refractivity (Wildman–Crippen MR) is 74.8 cm³/mol. The Labute approximate surface area is 112 Å². The first-order valence-electron chi connectivity index (χ1n) is 6.18. The molecule has 2 aromatic carbocycles. The molecular weight excluding hydrogens is 240 g/mol. The average molecular weight is 256 g/mol. The summed E-state index contributed by atoms with van der Waals surface area (Å²) in [6.07, 6.45) is 0. The monoisotopic (exact) mass is 256 g/mol. The Morgan fingerprint density at radius 1 is 1.16 bits per heavy atom. The molecule has 0 fully saturated rings. The molecular formula is C15H16N2O2. The third-order valence-corrected chi connectivity index (χ3v) is 3.03. The van der Waals surface area contributed by atoms with Crippen molar-refractivity contribution in [2.45, 2.75) is 19.5 Å². The molecule has 1 N–H and O–H groups in total. The Morgan fingerprint density at radius 2 is 1.89 bits per heavy atom. The molecule has 0 radical (unpaired) electrons. The zero-order valence-corrected chi connectivity index (χ0v) is 10.7. The standard InChI is InChI=1S/C15H16N2O2/c1-12(14-7-3-2-4-8-14)16-11-13-6-5-9-15(10-13)17(18)19/h2-10,12,16H,11H2,1H3. The molecule has 0 aliphatic rings. The Hall–Kier alpha value is -2.20. The van der Waals surface area contributed by atoms with Gasteiger partial charge in [-0.3, -0.25) is 10.1 Å². The summed E-state index contributed by atoms with van der Waals surface area (Å²) >= 11 is 0. The van der Waals surface area contributed by atoms with Gasteiger partial charge in [0.1, 0.15) is 0 Å². The van der Waals surface area contributed by atoms with Crippen molar-refractivity contribution < 1.29 is 4.92 Å². The van der Waals surface area contributed by atoms with E-state index in [-0.39, 0.29) is 16.7 Å². The molecule has 1 unspecified atom stereocenters. The molecule has 0 aromatic heterocycles. The van der Waals surface area contributed by atoms with Gasteiger partial charge in [0.25, 0.3) is 5.69 Å². The molecule has 0 spiro atoms. The minimum Gasteiger partial charge on any atom is -0.306 e. The van der Waals surface area contributed by atoms with Gasteiger partial charge in [0, 0.05) is 24.7 Å². The summed E-state index contributed by atoms with van der Waals surface area (Å²) in [6.45, 7) is 2.68. The highest BCUT2D eigenvalue weighted by atomic mass is 16.6. The van der Waals surface area contributed by atoms with Crippen molar-refractivity contribution >= 4 is 5.69 Å². The number of rotatable bonds is 5. The van der Waals surface area contributed by atoms with Crippen molar-refractivity contribution in [1.82, 2.24) is 5.32 Å². The SMILES string of the molecule is CC(NCc1cccc([N+](=O)[O-])c1)c1ccccc1. The van der Waals surface area contributed by atoms with Crippen LogP contribution in [0, 0.1) is 10.1 Å². The van der Waals surface area contributed by atoms with Gasteiger partial charge in [-0.25, -0.2) is 0 Å². The molecule has 1 atom stereocenters. The van der Waals surface area contributed by atoms with Crippen LogP contribution < -0.4 is 5.32 Å². The fraction of sp³-hybridized carbons (Fsp3) is 0.200. The van der Waals surface area contributed by atoms with E-state index >= 15 is 0 Å². The maximum absolute atomic E-state index is 10.7. The Bertz CT molecular complexity index is 555. The minimum atomic E-state index is -0.371. The van der Waals surface area contributed by atoms with Crippen molar-refractivity contribution in [2.75, 3.05) is 0 Å². The summed E-state index contributed by atoms with van der Waals surface area (Å²) in [5, 5.41) is 14.1. The minimum absolute atomic E-state index is 0.131. The van der Waals surface area contributed by atoms with E-state index < -0.39 is 0 Å². The van der Waals surface area contributed by atoms with Gasteiger partial charge >= 0.3 is 0 Å². The molecule has 98 valence electrons. The summed E-state index contributed by atoms with van der Waals surface area (Å²) < 4.78 is 0. The number of nitro benzene ring substituents is 1. The molecule has 2 aromatic rings. The number of hydrogen-bond acceptors (Lipinski definition) is 3. The van der Waals surface area contributed by atoms with Gasteiger partial charge in [-0.15, -0.1) is 0 Å². The molecule has 4 nitrogen and oxygen atoms in total. The van der Waals surface area contributed by atoms with E-state index in [0.29, 0.717) is 6.54 Å². The number of non-ortho nitro benzene ring substituents is 1. The number of hydrogen-bond donors (Lipinski definition) is 1. The highest BCUT2D eigenvalue weighted by Crippen LogP contribution is 2.15. The van der Waals surface area contributed by atoms with Crippen LogP contribution >= 0.6 is 0 Å². The third kappa shape index (κ3) is 3.63. The van der Waals surface area contributed by atoms with Crippen LogP contribution in [0.1, 0.15) is 24.1 Å². The molecule has 0 heterocycles. The average Bonchev–Trinajstić information content (AvgIpc) is 2.46. The van der Waals surface area contributed by atoms with E-state index in [0.717, 1.165) is 5.56 Å². The zero-order valence-electron chi connectivity index (χ0n) is 10.7. The van der Waals surface area contributed by atoms with Gasteiger partial charge in [0.2, 0.25) is 0 Å². The van der Waals surface area contributed by atoms with Crippen molar-refractivity contribution in [1.29, 1.82) is 0 Å². The summed E-state index contributed by atoms with van der Waals surface area (Å²) in [5.41, 5.74) is 2.25. The van der Waals surface area contributed by atoms with Crippen LogP contribution in [0.3, 0.4) is 0 Å². The van der Waals surface area contributed by atoms with Gasteiger partial charge in [0.05, 0.1) is 4.92 Å². The van der Waals surface area contributed by atoms with E-state index in [2.05, 4.69) is 24.4 Å². The molecule has 0 saturated carbocycles. The summed E-state index contributed by atoms with van der Waals surface area (Å²) in [7, 11) is 0. The number of benzene rings is 2. The molecule has 0 aliphatic heterocycles. The van der Waals surface area contributed by atoms with Crippen LogP contribution in [-0.2, 0) is 6.54 Å². The van der Waals surface area contributed by atoms with Crippen LogP contribution in [0.5, 0.6) is 0 Å². The van der Waals surface area contributed by atoms with Gasteiger partial charge in [-0.05, 0) is 18.1 Å². The Kier molecular flexibility index (Phi) is 4.26. The molecule has 4 heteroatoms. The molecule has 0 aliphatic carbocycles. The van der Waals surface area contributed by atoms with Crippen LogP contribution in [0.4, 0.5) is 5.69 Å². The van der Waals surface area contributed by atoms with Crippen molar-refractivity contribution in [3.05, 3.63) is 75.8 Å². The summed E-state index contributed by atoms with van der Waals surface area (Å²) in [4.78, 5) is 10.3. The van der Waals surface area contributed by atoms with E-state index in [1.807, 2.05) is 24.3 Å². The largest absolute Gasteiger partial charge is 0.306 e. The maximum Gasteiger partial charge on any atom is 0.269 e. The third-order valence-electron chi connectivity index (χ3n) is 3.03. The molecule has 0 saturated heterocycles. The molecule has 2 rings (SSSR count). The van der Waals surface area contributed by atoms with E-state index in [1.54, 1.807) is 12.1 Å². The van der Waals surface area contributed by atoms with E-state index in [1.165, 1.54) is 11.6 Å². The number of nitrogens with one attached hydrogen (secondary N) is 1. The lowest BCUT2D eigenvalue weighted by molar-refractivity contribution is -0.384. The lowest BCUT2D eigenvalue weighted by atomic mass is 10.1. The second-order valence-corrected chi connectivity index (χ2v) is 4.44.